The van der Waals surface area contributed by atoms with E-state index in [0.717, 1.165) is 28.9 Å². The van der Waals surface area contributed by atoms with Gasteiger partial charge in [0.25, 0.3) is 0 Å². The van der Waals surface area contributed by atoms with E-state index in [2.05, 4.69) is 4.98 Å². The highest BCUT2D eigenvalue weighted by Gasteiger charge is 2.09. The molecule has 5 nitrogen and oxygen atoms in total. The molecule has 0 atom stereocenters. The Kier molecular flexibility index (Phi) is 3.78. The summed E-state index contributed by atoms with van der Waals surface area (Å²) in [6, 6.07) is 12.8. The summed E-state index contributed by atoms with van der Waals surface area (Å²) in [5.74, 6) is 2.32. The highest BCUT2D eigenvalue weighted by Crippen LogP contribution is 2.22. The molecule has 0 aliphatic heterocycles. The van der Waals surface area contributed by atoms with E-state index >= 15 is 0 Å². The topological polar surface area (TPSA) is 53.4 Å². The van der Waals surface area contributed by atoms with Crippen molar-refractivity contribution in [2.45, 2.75) is 6.61 Å². The molecule has 5 heteroatoms. The molecule has 1 aromatic heterocycles. The van der Waals surface area contributed by atoms with E-state index in [4.69, 9.17) is 9.47 Å². The number of fused-ring (bicyclic) bond motifs is 1. The summed E-state index contributed by atoms with van der Waals surface area (Å²) in [7, 11) is 3.59. The molecule has 0 spiro atoms. The monoisotopic (exact) mass is 296 g/mol. The summed E-state index contributed by atoms with van der Waals surface area (Å²) in [6.45, 7) is 0.355. The van der Waals surface area contributed by atoms with Crippen molar-refractivity contribution in [1.82, 2.24) is 9.55 Å². The Morgan fingerprint density at radius 3 is 2.55 bits per heavy atom. The first-order chi connectivity index (χ1) is 10.7. The van der Waals surface area contributed by atoms with Gasteiger partial charge in [-0.05, 0) is 36.4 Å². The smallest absolute Gasteiger partial charge is 0.150 e. The molecular weight excluding hydrogens is 280 g/mol. The summed E-state index contributed by atoms with van der Waals surface area (Å²) in [5, 5.41) is 0. The van der Waals surface area contributed by atoms with Crippen LogP contribution in [0.1, 0.15) is 16.2 Å². The number of benzene rings is 2. The van der Waals surface area contributed by atoms with Gasteiger partial charge in [-0.3, -0.25) is 4.79 Å². The van der Waals surface area contributed by atoms with Crippen molar-refractivity contribution in [1.29, 1.82) is 0 Å². The number of aldehydes is 1. The van der Waals surface area contributed by atoms with Crippen LogP contribution < -0.4 is 9.47 Å². The zero-order valence-corrected chi connectivity index (χ0v) is 12.4. The van der Waals surface area contributed by atoms with Crippen molar-refractivity contribution in [3.8, 4) is 11.5 Å². The molecule has 0 amide bonds. The number of methoxy groups -OCH3 is 1. The van der Waals surface area contributed by atoms with E-state index in [-0.39, 0.29) is 0 Å². The highest BCUT2D eigenvalue weighted by molar-refractivity contribution is 5.77. The van der Waals surface area contributed by atoms with Crippen LogP contribution >= 0.6 is 0 Å². The minimum atomic E-state index is 0.355. The third kappa shape index (κ3) is 2.65. The number of hydrogen-bond acceptors (Lipinski definition) is 4. The van der Waals surface area contributed by atoms with Gasteiger partial charge in [-0.25, -0.2) is 4.98 Å². The fourth-order valence-corrected chi connectivity index (χ4v) is 2.27. The molecule has 0 fully saturated rings. The zero-order valence-electron chi connectivity index (χ0n) is 12.4. The molecule has 22 heavy (non-hydrogen) atoms. The summed E-state index contributed by atoms with van der Waals surface area (Å²) in [5.41, 5.74) is 2.52. The highest BCUT2D eigenvalue weighted by atomic mass is 16.5. The van der Waals surface area contributed by atoms with Crippen LogP contribution in [0.3, 0.4) is 0 Å². The minimum absolute atomic E-state index is 0.355. The molecule has 0 radical (unpaired) electrons. The number of nitrogens with zero attached hydrogens (tertiary/aromatic N) is 2. The Balaban J connectivity index is 1.81. The van der Waals surface area contributed by atoms with Crippen molar-refractivity contribution < 1.29 is 14.3 Å². The van der Waals surface area contributed by atoms with Gasteiger partial charge in [0, 0.05) is 18.7 Å². The first-order valence-corrected chi connectivity index (χ1v) is 6.88. The lowest BCUT2D eigenvalue weighted by Crippen LogP contribution is -2.03. The molecule has 1 heterocycles. The fraction of sp³-hybridized carbons (Fsp3) is 0.176. The molecule has 0 bridgehead atoms. The second-order valence-corrected chi connectivity index (χ2v) is 4.92. The second kappa shape index (κ2) is 5.89. The Hall–Kier alpha value is -2.82. The van der Waals surface area contributed by atoms with Gasteiger partial charge in [0.15, 0.2) is 0 Å². The number of imidazole rings is 1. The van der Waals surface area contributed by atoms with Gasteiger partial charge >= 0.3 is 0 Å². The lowest BCUT2D eigenvalue weighted by Gasteiger charge is -2.06. The van der Waals surface area contributed by atoms with Gasteiger partial charge in [-0.15, -0.1) is 0 Å². The number of aromatic nitrogens is 2. The van der Waals surface area contributed by atoms with Crippen molar-refractivity contribution in [2.24, 2.45) is 7.05 Å². The van der Waals surface area contributed by atoms with E-state index in [1.165, 1.54) is 0 Å². The Labute approximate surface area is 128 Å². The SMILES string of the molecule is COc1ccc2nc(COc3ccc(C=O)cc3)n(C)c2c1. The number of carbonyl (C=O) groups excluding carboxylic acids is 1. The summed E-state index contributed by atoms with van der Waals surface area (Å²) in [6.07, 6.45) is 0.808. The number of ether oxygens (including phenoxy) is 2. The number of hydrogen-bond donors (Lipinski definition) is 0. The van der Waals surface area contributed by atoms with Crippen molar-refractivity contribution in [3.63, 3.8) is 0 Å². The summed E-state index contributed by atoms with van der Waals surface area (Å²) in [4.78, 5) is 15.2. The third-order valence-electron chi connectivity index (χ3n) is 3.56. The van der Waals surface area contributed by atoms with E-state index < -0.39 is 0 Å². The fourth-order valence-electron chi connectivity index (χ4n) is 2.27. The first-order valence-electron chi connectivity index (χ1n) is 6.88. The minimum Gasteiger partial charge on any atom is -0.497 e. The van der Waals surface area contributed by atoms with Gasteiger partial charge in [-0.1, -0.05) is 0 Å². The summed E-state index contributed by atoms with van der Waals surface area (Å²) >= 11 is 0. The van der Waals surface area contributed by atoms with Crippen molar-refractivity contribution in [2.75, 3.05) is 7.11 Å². The maximum absolute atomic E-state index is 10.6. The van der Waals surface area contributed by atoms with Crippen LogP contribution in [0.2, 0.25) is 0 Å². The van der Waals surface area contributed by atoms with Crippen LogP contribution in [0.25, 0.3) is 11.0 Å². The van der Waals surface area contributed by atoms with Crippen LogP contribution in [-0.4, -0.2) is 22.9 Å². The maximum atomic E-state index is 10.6. The number of carbonyl (C=O) groups is 1. The van der Waals surface area contributed by atoms with Crippen molar-refractivity contribution in [3.05, 3.63) is 53.9 Å². The summed E-state index contributed by atoms with van der Waals surface area (Å²) < 4.78 is 12.9. The second-order valence-electron chi connectivity index (χ2n) is 4.92. The normalized spacial score (nSPS) is 10.6. The van der Waals surface area contributed by atoms with Crippen LogP contribution in [0.15, 0.2) is 42.5 Å². The van der Waals surface area contributed by atoms with Crippen molar-refractivity contribution >= 4 is 17.3 Å². The van der Waals surface area contributed by atoms with E-state index in [9.17, 15) is 4.79 Å². The Morgan fingerprint density at radius 1 is 1.14 bits per heavy atom. The lowest BCUT2D eigenvalue weighted by atomic mass is 10.2. The number of rotatable bonds is 5. The largest absolute Gasteiger partial charge is 0.497 e. The van der Waals surface area contributed by atoms with Crippen LogP contribution in [-0.2, 0) is 13.7 Å². The standard InChI is InChI=1S/C17H16N2O3/c1-19-16-9-14(21-2)7-8-15(16)18-17(19)11-22-13-5-3-12(10-20)4-6-13/h3-10H,11H2,1-2H3. The molecule has 2 aromatic carbocycles. The van der Waals surface area contributed by atoms with Crippen LogP contribution in [0.5, 0.6) is 11.5 Å². The number of aryl methyl sites for hydroxylation is 1. The molecule has 0 saturated heterocycles. The molecule has 112 valence electrons. The van der Waals surface area contributed by atoms with Crippen LogP contribution in [0.4, 0.5) is 0 Å². The molecule has 0 unspecified atom stereocenters. The zero-order chi connectivity index (χ0) is 15.5. The molecular formula is C17H16N2O3. The van der Waals surface area contributed by atoms with E-state index in [0.29, 0.717) is 17.9 Å². The van der Waals surface area contributed by atoms with E-state index in [1.54, 1.807) is 31.4 Å². The van der Waals surface area contributed by atoms with Crippen LogP contribution in [0, 0.1) is 0 Å². The average molecular weight is 296 g/mol. The Bertz CT molecular complexity index is 807. The molecule has 0 N–H and O–H groups in total. The maximum Gasteiger partial charge on any atom is 0.150 e. The quantitative estimate of drug-likeness (QED) is 0.679. The first kappa shape index (κ1) is 14.1. The molecule has 3 rings (SSSR count). The van der Waals surface area contributed by atoms with Gasteiger partial charge in [0.05, 0.1) is 18.1 Å². The molecule has 3 aromatic rings. The van der Waals surface area contributed by atoms with Gasteiger partial charge < -0.3 is 14.0 Å². The van der Waals surface area contributed by atoms with Gasteiger partial charge in [0.1, 0.15) is 30.2 Å². The average Bonchev–Trinajstić information content (AvgIpc) is 2.89. The molecule has 0 aliphatic rings. The lowest BCUT2D eigenvalue weighted by molar-refractivity contribution is 0.112. The molecule has 0 aliphatic carbocycles. The predicted octanol–water partition coefficient (Wildman–Crippen LogP) is 2.97. The van der Waals surface area contributed by atoms with Gasteiger partial charge in [-0.2, -0.15) is 0 Å². The third-order valence-corrected chi connectivity index (χ3v) is 3.56. The Morgan fingerprint density at radius 2 is 1.86 bits per heavy atom. The predicted molar refractivity (Wildman–Crippen MR) is 83.4 cm³/mol. The van der Waals surface area contributed by atoms with E-state index in [1.807, 2.05) is 29.8 Å². The van der Waals surface area contributed by atoms with Gasteiger partial charge in [0.2, 0.25) is 0 Å². The molecule has 0 saturated carbocycles.